The summed E-state index contributed by atoms with van der Waals surface area (Å²) in [7, 11) is 0. The molecule has 0 fully saturated rings. The molecule has 1 aliphatic carbocycles. The van der Waals surface area contributed by atoms with E-state index in [1.54, 1.807) is 0 Å². The molecule has 2 aromatic heterocycles. The van der Waals surface area contributed by atoms with Crippen molar-refractivity contribution in [3.63, 3.8) is 0 Å². The molecule has 2 aliphatic rings. The van der Waals surface area contributed by atoms with E-state index in [2.05, 4.69) is 145 Å². The molecule has 1 N–H and O–H groups in total. The van der Waals surface area contributed by atoms with E-state index in [1.807, 2.05) is 6.07 Å². The number of rotatable bonds is 1. The van der Waals surface area contributed by atoms with Gasteiger partial charge in [0.2, 0.25) is 5.96 Å². The van der Waals surface area contributed by atoms with Crippen molar-refractivity contribution >= 4 is 66.2 Å². The Morgan fingerprint density at radius 3 is 2.27 bits per heavy atom. The van der Waals surface area contributed by atoms with E-state index in [-0.39, 0.29) is 11.5 Å². The fourth-order valence-corrected chi connectivity index (χ4v) is 8.00. The summed E-state index contributed by atoms with van der Waals surface area (Å²) in [6.45, 7) is 4.66. The smallest absolute Gasteiger partial charge is 0.208 e. The Hall–Kier alpha value is -5.61. The molecule has 3 heterocycles. The summed E-state index contributed by atoms with van der Waals surface area (Å²) in [6.07, 6.45) is 0. The van der Waals surface area contributed by atoms with Gasteiger partial charge in [-0.05, 0) is 46.2 Å². The standard InChI is InChI=1S/C41H29N3O/c1-41(2)32-19-8-5-16-29(32)37-36(41)38(30-18-11-17-28-27-15-7-10-21-35(27)45-39(28)30)43-40(42-37)44-33-20-9-6-14-26(33)31-22-24-12-3-4-13-25(24)23-34(31)44/h3-23,38H,1-2H3,(H,42,43). The monoisotopic (exact) mass is 579 g/mol. The summed E-state index contributed by atoms with van der Waals surface area (Å²) in [6, 6.07) is 45.3. The maximum atomic E-state index is 6.63. The predicted octanol–water partition coefficient (Wildman–Crippen LogP) is 10.1. The van der Waals surface area contributed by atoms with E-state index in [0.717, 1.165) is 50.2 Å². The van der Waals surface area contributed by atoms with E-state index >= 15 is 0 Å². The average molecular weight is 580 g/mol. The Bertz CT molecular complexity index is 2610. The highest BCUT2D eigenvalue weighted by Crippen LogP contribution is 2.54. The number of para-hydroxylation sites is 3. The SMILES string of the molecule is CC1(C)C2=C(NC(n3c4ccccc4c4cc5ccccc5cc43)=NC2c2cccc3c2oc2ccccc23)c2ccccc21. The van der Waals surface area contributed by atoms with Gasteiger partial charge in [-0.3, -0.25) is 4.57 Å². The number of nitrogens with zero attached hydrogens (tertiary/aromatic N) is 2. The van der Waals surface area contributed by atoms with Crippen LogP contribution in [0.4, 0.5) is 0 Å². The summed E-state index contributed by atoms with van der Waals surface area (Å²) in [5, 5.41) is 11.0. The minimum atomic E-state index is -0.250. The Kier molecular flexibility index (Phi) is 4.81. The molecular weight excluding hydrogens is 550 g/mol. The number of nitrogens with one attached hydrogen (secondary N) is 1. The van der Waals surface area contributed by atoms with Crippen LogP contribution in [0.1, 0.15) is 36.6 Å². The van der Waals surface area contributed by atoms with Crippen molar-refractivity contribution < 1.29 is 4.42 Å². The summed E-state index contributed by atoms with van der Waals surface area (Å²) < 4.78 is 8.95. The van der Waals surface area contributed by atoms with E-state index in [0.29, 0.717) is 0 Å². The second-order valence-corrected chi connectivity index (χ2v) is 12.8. The van der Waals surface area contributed by atoms with Crippen molar-refractivity contribution in [2.75, 3.05) is 0 Å². The van der Waals surface area contributed by atoms with Gasteiger partial charge in [0.05, 0.1) is 16.7 Å². The van der Waals surface area contributed by atoms with Gasteiger partial charge in [-0.2, -0.15) is 0 Å². The molecule has 0 amide bonds. The molecule has 0 bridgehead atoms. The van der Waals surface area contributed by atoms with Gasteiger partial charge in [0, 0.05) is 38.1 Å². The minimum Gasteiger partial charge on any atom is -0.456 e. The first-order valence-corrected chi connectivity index (χ1v) is 15.6. The normalized spacial score (nSPS) is 17.3. The highest BCUT2D eigenvalue weighted by atomic mass is 16.3. The molecule has 45 heavy (non-hydrogen) atoms. The van der Waals surface area contributed by atoms with Crippen LogP contribution in [-0.4, -0.2) is 10.5 Å². The average Bonchev–Trinajstić information content (AvgIpc) is 3.69. The Morgan fingerprint density at radius 1 is 0.667 bits per heavy atom. The molecule has 1 atom stereocenters. The van der Waals surface area contributed by atoms with Crippen molar-refractivity contribution in [3.05, 3.63) is 150 Å². The number of fused-ring (bicyclic) bond motifs is 9. The minimum absolute atomic E-state index is 0.232. The molecule has 0 radical (unpaired) electrons. The van der Waals surface area contributed by atoms with Gasteiger partial charge in [-0.1, -0.05) is 117 Å². The van der Waals surface area contributed by atoms with Gasteiger partial charge in [-0.25, -0.2) is 4.99 Å². The van der Waals surface area contributed by atoms with Crippen molar-refractivity contribution in [1.82, 2.24) is 9.88 Å². The molecular formula is C41H29N3O. The van der Waals surface area contributed by atoms with Crippen molar-refractivity contribution in [2.45, 2.75) is 25.3 Å². The van der Waals surface area contributed by atoms with Gasteiger partial charge in [0.1, 0.15) is 17.2 Å². The molecule has 1 unspecified atom stereocenters. The molecule has 0 spiro atoms. The predicted molar refractivity (Wildman–Crippen MR) is 186 cm³/mol. The van der Waals surface area contributed by atoms with E-state index in [9.17, 15) is 0 Å². The third-order valence-electron chi connectivity index (χ3n) is 10.1. The van der Waals surface area contributed by atoms with Gasteiger partial charge in [-0.15, -0.1) is 0 Å². The van der Waals surface area contributed by atoms with E-state index in [1.165, 1.54) is 38.2 Å². The number of benzene rings is 6. The third kappa shape index (κ3) is 3.29. The third-order valence-corrected chi connectivity index (χ3v) is 10.1. The zero-order valence-electron chi connectivity index (χ0n) is 25.0. The summed E-state index contributed by atoms with van der Waals surface area (Å²) >= 11 is 0. The molecule has 4 nitrogen and oxygen atoms in total. The summed E-state index contributed by atoms with van der Waals surface area (Å²) in [5.74, 6) is 0.820. The zero-order chi connectivity index (χ0) is 29.9. The molecule has 6 aromatic carbocycles. The molecule has 8 aromatic rings. The first-order valence-electron chi connectivity index (χ1n) is 15.6. The largest absolute Gasteiger partial charge is 0.456 e. The first kappa shape index (κ1) is 24.8. The second-order valence-electron chi connectivity index (χ2n) is 12.8. The Balaban J connectivity index is 1.30. The fraction of sp³-hybridized carbons (Fsp3) is 0.0976. The maximum absolute atomic E-state index is 6.63. The van der Waals surface area contributed by atoms with Crippen LogP contribution in [-0.2, 0) is 5.41 Å². The lowest BCUT2D eigenvalue weighted by atomic mass is 9.76. The topological polar surface area (TPSA) is 42.5 Å². The van der Waals surface area contributed by atoms with E-state index < -0.39 is 0 Å². The highest BCUT2D eigenvalue weighted by Gasteiger charge is 2.45. The molecule has 214 valence electrons. The number of aromatic nitrogens is 1. The number of furan rings is 1. The number of hydrogen-bond donors (Lipinski definition) is 1. The lowest BCUT2D eigenvalue weighted by molar-refractivity contribution is 0.571. The van der Waals surface area contributed by atoms with Gasteiger partial charge < -0.3 is 9.73 Å². The van der Waals surface area contributed by atoms with Crippen LogP contribution in [0.5, 0.6) is 0 Å². The van der Waals surface area contributed by atoms with Crippen molar-refractivity contribution in [3.8, 4) is 0 Å². The fourth-order valence-electron chi connectivity index (χ4n) is 8.00. The molecule has 4 heteroatoms. The Morgan fingerprint density at radius 2 is 1.38 bits per heavy atom. The molecule has 0 saturated heterocycles. The van der Waals surface area contributed by atoms with Crippen LogP contribution in [0.25, 0.3) is 60.2 Å². The lowest BCUT2D eigenvalue weighted by Gasteiger charge is -2.33. The van der Waals surface area contributed by atoms with Gasteiger partial charge in [0.25, 0.3) is 0 Å². The quantitative estimate of drug-likeness (QED) is 0.210. The maximum Gasteiger partial charge on any atom is 0.208 e. The molecule has 0 saturated carbocycles. The summed E-state index contributed by atoms with van der Waals surface area (Å²) in [4.78, 5) is 5.67. The van der Waals surface area contributed by atoms with Gasteiger partial charge in [0.15, 0.2) is 0 Å². The Labute approximate surface area is 259 Å². The van der Waals surface area contributed by atoms with Crippen LogP contribution < -0.4 is 5.32 Å². The number of hydrogen-bond acceptors (Lipinski definition) is 3. The van der Waals surface area contributed by atoms with Crippen LogP contribution >= 0.6 is 0 Å². The van der Waals surface area contributed by atoms with Crippen LogP contribution in [0.3, 0.4) is 0 Å². The van der Waals surface area contributed by atoms with Gasteiger partial charge >= 0.3 is 0 Å². The van der Waals surface area contributed by atoms with E-state index in [4.69, 9.17) is 9.41 Å². The van der Waals surface area contributed by atoms with Crippen molar-refractivity contribution in [1.29, 1.82) is 0 Å². The molecule has 10 rings (SSSR count). The van der Waals surface area contributed by atoms with Crippen LogP contribution in [0.15, 0.2) is 142 Å². The summed E-state index contributed by atoms with van der Waals surface area (Å²) in [5.41, 5.74) is 9.88. The number of aliphatic imine (C=N–C) groups is 1. The molecule has 1 aliphatic heterocycles. The highest BCUT2D eigenvalue weighted by molar-refractivity contribution is 6.18. The van der Waals surface area contributed by atoms with Crippen LogP contribution in [0.2, 0.25) is 0 Å². The second kappa shape index (κ2) is 8.73. The first-order chi connectivity index (χ1) is 22.1. The van der Waals surface area contributed by atoms with Crippen LogP contribution in [0, 0.1) is 0 Å². The lowest BCUT2D eigenvalue weighted by Crippen LogP contribution is -2.35. The zero-order valence-corrected chi connectivity index (χ0v) is 25.0. The van der Waals surface area contributed by atoms with Crippen molar-refractivity contribution in [2.24, 2.45) is 4.99 Å².